The third-order valence-electron chi connectivity index (χ3n) is 1.77. The molecule has 1 aliphatic rings. The van der Waals surface area contributed by atoms with E-state index in [1.54, 1.807) is 0 Å². The second kappa shape index (κ2) is 5.05. The zero-order chi connectivity index (χ0) is 9.73. The summed E-state index contributed by atoms with van der Waals surface area (Å²) in [7, 11) is -4.29. The lowest BCUT2D eigenvalue weighted by Crippen LogP contribution is -2.38. The summed E-state index contributed by atoms with van der Waals surface area (Å²) in [4.78, 5) is 18.8. The van der Waals surface area contributed by atoms with Crippen molar-refractivity contribution in [1.29, 1.82) is 0 Å². The molecule has 0 aliphatic carbocycles. The van der Waals surface area contributed by atoms with Gasteiger partial charge in [-0.15, -0.1) is 0 Å². The van der Waals surface area contributed by atoms with Crippen LogP contribution in [0.5, 0.6) is 0 Å². The molecule has 13 heavy (non-hydrogen) atoms. The lowest BCUT2D eigenvalue weighted by Gasteiger charge is -2.26. The van der Waals surface area contributed by atoms with Crippen molar-refractivity contribution in [3.05, 3.63) is 0 Å². The van der Waals surface area contributed by atoms with Crippen molar-refractivity contribution in [2.75, 3.05) is 39.5 Å². The molecule has 2 N–H and O–H groups in total. The first-order chi connectivity index (χ1) is 6.08. The van der Waals surface area contributed by atoms with E-state index in [-0.39, 0.29) is 6.61 Å². The van der Waals surface area contributed by atoms with E-state index in [1.165, 1.54) is 0 Å². The van der Waals surface area contributed by atoms with E-state index in [0.29, 0.717) is 19.8 Å². The molecule has 0 aromatic rings. The molecule has 0 aromatic heterocycles. The number of phosphoric ester groups is 1. The van der Waals surface area contributed by atoms with E-state index in [9.17, 15) is 4.57 Å². The average molecular weight is 211 g/mol. The van der Waals surface area contributed by atoms with Gasteiger partial charge in [-0.2, -0.15) is 0 Å². The van der Waals surface area contributed by atoms with Crippen molar-refractivity contribution in [2.24, 2.45) is 0 Å². The van der Waals surface area contributed by atoms with Gasteiger partial charge in [0.05, 0.1) is 19.8 Å². The van der Waals surface area contributed by atoms with Crippen LogP contribution in [0.3, 0.4) is 0 Å². The van der Waals surface area contributed by atoms with Crippen LogP contribution in [0.2, 0.25) is 0 Å². The minimum absolute atomic E-state index is 0.0598. The molecule has 78 valence electrons. The van der Waals surface area contributed by atoms with Gasteiger partial charge in [0.15, 0.2) is 0 Å². The quantitative estimate of drug-likeness (QED) is 0.606. The minimum atomic E-state index is -4.29. The highest BCUT2D eigenvalue weighted by molar-refractivity contribution is 7.46. The van der Waals surface area contributed by atoms with E-state index >= 15 is 0 Å². The molecule has 0 atom stereocenters. The first kappa shape index (κ1) is 11.1. The fraction of sp³-hybridized carbons (Fsp3) is 1.00. The van der Waals surface area contributed by atoms with Gasteiger partial charge in [0, 0.05) is 19.6 Å². The molecule has 0 saturated carbocycles. The van der Waals surface area contributed by atoms with Gasteiger partial charge in [0.1, 0.15) is 0 Å². The molecule has 7 heteroatoms. The standard InChI is InChI=1S/C6H14NO5P/c8-13(9,10)12-6-3-7-1-4-11-5-2-7/h1-6H2,(H2,8,9,10). The Balaban J connectivity index is 2.08. The first-order valence-electron chi connectivity index (χ1n) is 4.08. The van der Waals surface area contributed by atoms with E-state index in [1.807, 2.05) is 4.90 Å². The molecule has 0 radical (unpaired) electrons. The Morgan fingerprint density at radius 3 is 2.54 bits per heavy atom. The Bertz CT molecular complexity index is 187. The number of phosphoric acid groups is 1. The van der Waals surface area contributed by atoms with Crippen LogP contribution >= 0.6 is 7.82 Å². The molecule has 1 fully saturated rings. The summed E-state index contributed by atoms with van der Waals surface area (Å²) in [5.41, 5.74) is 0. The lowest BCUT2D eigenvalue weighted by molar-refractivity contribution is 0.0303. The zero-order valence-corrected chi connectivity index (χ0v) is 8.15. The Hall–Kier alpha value is 0.0300. The average Bonchev–Trinajstić information content (AvgIpc) is 2.04. The predicted octanol–water partition coefficient (Wildman–Crippen LogP) is -0.572. The SMILES string of the molecule is O=P(O)(O)OCCN1CCOCC1. The van der Waals surface area contributed by atoms with Crippen molar-refractivity contribution in [3.63, 3.8) is 0 Å². The summed E-state index contributed by atoms with van der Waals surface area (Å²) >= 11 is 0. The Morgan fingerprint density at radius 2 is 2.00 bits per heavy atom. The molecule has 1 heterocycles. The maximum atomic E-state index is 10.3. The maximum Gasteiger partial charge on any atom is 0.469 e. The van der Waals surface area contributed by atoms with Gasteiger partial charge in [-0.1, -0.05) is 0 Å². The first-order valence-corrected chi connectivity index (χ1v) is 5.61. The second-order valence-electron chi connectivity index (χ2n) is 2.78. The normalized spacial score (nSPS) is 20.5. The zero-order valence-electron chi connectivity index (χ0n) is 7.26. The molecular formula is C6H14NO5P. The van der Waals surface area contributed by atoms with Crippen LogP contribution in [-0.4, -0.2) is 54.1 Å². The number of hydrogen-bond donors (Lipinski definition) is 2. The fourth-order valence-corrected chi connectivity index (χ4v) is 1.43. The van der Waals surface area contributed by atoms with Gasteiger partial charge in [0.25, 0.3) is 0 Å². The summed E-state index contributed by atoms with van der Waals surface area (Å²) in [6.07, 6.45) is 0. The van der Waals surface area contributed by atoms with E-state index < -0.39 is 7.82 Å². The molecule has 0 bridgehead atoms. The largest absolute Gasteiger partial charge is 0.469 e. The van der Waals surface area contributed by atoms with Gasteiger partial charge >= 0.3 is 7.82 Å². The minimum Gasteiger partial charge on any atom is -0.379 e. The molecule has 6 nitrogen and oxygen atoms in total. The molecule has 0 amide bonds. The summed E-state index contributed by atoms with van der Waals surface area (Å²) in [5.74, 6) is 0. The van der Waals surface area contributed by atoms with Gasteiger partial charge in [-0.3, -0.25) is 9.42 Å². The Kier molecular flexibility index (Phi) is 4.31. The topological polar surface area (TPSA) is 79.2 Å². The summed E-state index contributed by atoms with van der Waals surface area (Å²) in [5, 5.41) is 0. The van der Waals surface area contributed by atoms with Crippen molar-refractivity contribution in [2.45, 2.75) is 0 Å². The van der Waals surface area contributed by atoms with Crippen LogP contribution < -0.4 is 0 Å². The highest BCUT2D eigenvalue weighted by atomic mass is 31.2. The van der Waals surface area contributed by atoms with E-state index in [2.05, 4.69) is 4.52 Å². The van der Waals surface area contributed by atoms with Gasteiger partial charge in [0.2, 0.25) is 0 Å². The van der Waals surface area contributed by atoms with Crippen LogP contribution in [-0.2, 0) is 13.8 Å². The Morgan fingerprint density at radius 1 is 1.38 bits per heavy atom. The molecule has 1 aliphatic heterocycles. The van der Waals surface area contributed by atoms with Crippen LogP contribution in [0, 0.1) is 0 Å². The third-order valence-corrected chi connectivity index (χ3v) is 2.29. The lowest BCUT2D eigenvalue weighted by atomic mass is 10.4. The van der Waals surface area contributed by atoms with Gasteiger partial charge in [-0.25, -0.2) is 4.57 Å². The molecule has 0 aromatic carbocycles. The highest BCUT2D eigenvalue weighted by Crippen LogP contribution is 2.35. The summed E-state index contributed by atoms with van der Waals surface area (Å²) < 4.78 is 19.7. The Labute approximate surface area is 76.7 Å². The van der Waals surface area contributed by atoms with Gasteiger partial charge in [-0.05, 0) is 0 Å². The maximum absolute atomic E-state index is 10.3. The van der Waals surface area contributed by atoms with Crippen molar-refractivity contribution in [3.8, 4) is 0 Å². The van der Waals surface area contributed by atoms with Crippen LogP contribution in [0.1, 0.15) is 0 Å². The summed E-state index contributed by atoms with van der Waals surface area (Å²) in [6.45, 7) is 3.54. The van der Waals surface area contributed by atoms with Crippen molar-refractivity contribution >= 4 is 7.82 Å². The number of hydrogen-bond acceptors (Lipinski definition) is 4. The number of nitrogens with zero attached hydrogens (tertiary/aromatic N) is 1. The molecule has 1 rings (SSSR count). The van der Waals surface area contributed by atoms with Gasteiger partial charge < -0.3 is 14.5 Å². The molecule has 0 unspecified atom stereocenters. The number of ether oxygens (including phenoxy) is 1. The fourth-order valence-electron chi connectivity index (χ4n) is 1.11. The van der Waals surface area contributed by atoms with Crippen LogP contribution in [0.15, 0.2) is 0 Å². The number of morpholine rings is 1. The second-order valence-corrected chi connectivity index (χ2v) is 4.02. The highest BCUT2D eigenvalue weighted by Gasteiger charge is 2.15. The monoisotopic (exact) mass is 211 g/mol. The van der Waals surface area contributed by atoms with Crippen LogP contribution in [0.25, 0.3) is 0 Å². The van der Waals surface area contributed by atoms with Crippen molar-refractivity contribution < 1.29 is 23.6 Å². The van der Waals surface area contributed by atoms with Crippen LogP contribution in [0.4, 0.5) is 0 Å². The summed E-state index contributed by atoms with van der Waals surface area (Å²) in [6, 6.07) is 0. The number of rotatable bonds is 4. The van der Waals surface area contributed by atoms with Crippen molar-refractivity contribution in [1.82, 2.24) is 4.90 Å². The van der Waals surface area contributed by atoms with E-state index in [4.69, 9.17) is 14.5 Å². The predicted molar refractivity (Wildman–Crippen MR) is 45.3 cm³/mol. The smallest absolute Gasteiger partial charge is 0.379 e. The molecule has 0 spiro atoms. The molecule has 1 saturated heterocycles. The van der Waals surface area contributed by atoms with E-state index in [0.717, 1.165) is 13.1 Å². The third kappa shape index (κ3) is 5.36. The molecular weight excluding hydrogens is 197 g/mol.